The van der Waals surface area contributed by atoms with Gasteiger partial charge in [0.05, 0.1) is 12.2 Å². The zero-order chi connectivity index (χ0) is 15.6. The first kappa shape index (κ1) is 18.0. The Morgan fingerprint density at radius 2 is 1.91 bits per heavy atom. The summed E-state index contributed by atoms with van der Waals surface area (Å²) < 4.78 is 11.4. The Morgan fingerprint density at radius 3 is 2.68 bits per heavy atom. The number of carbonyl (C=O) groups excluding carboxylic acids is 1. The van der Waals surface area contributed by atoms with Crippen molar-refractivity contribution in [1.82, 2.24) is 0 Å². The minimum atomic E-state index is 0.00246. The Kier molecular flexibility index (Phi) is 8.56. The van der Waals surface area contributed by atoms with Crippen molar-refractivity contribution in [3.05, 3.63) is 11.0 Å². The van der Waals surface area contributed by atoms with Gasteiger partial charge in [0.1, 0.15) is 0 Å². The van der Waals surface area contributed by atoms with Gasteiger partial charge in [-0.15, -0.1) is 11.8 Å². The Hall–Kier alpha value is -0.320. The molecule has 1 aliphatic carbocycles. The molecule has 1 unspecified atom stereocenters. The van der Waals surface area contributed by atoms with Crippen LogP contribution in [-0.2, 0) is 14.3 Å². The summed E-state index contributed by atoms with van der Waals surface area (Å²) in [4.78, 5) is 13.0. The van der Waals surface area contributed by atoms with Crippen molar-refractivity contribution in [2.45, 2.75) is 76.9 Å². The van der Waals surface area contributed by atoms with E-state index in [-0.39, 0.29) is 18.0 Å². The molecule has 1 heterocycles. The lowest BCUT2D eigenvalue weighted by atomic mass is 10.1. The second-order valence-electron chi connectivity index (χ2n) is 6.26. The molecule has 0 amide bonds. The molecule has 1 aliphatic heterocycles. The van der Waals surface area contributed by atoms with Crippen LogP contribution in [0.5, 0.6) is 0 Å². The first-order valence-corrected chi connectivity index (χ1v) is 9.89. The van der Waals surface area contributed by atoms with Crippen molar-refractivity contribution < 1.29 is 14.3 Å². The van der Waals surface area contributed by atoms with Gasteiger partial charge < -0.3 is 9.47 Å². The fourth-order valence-corrected chi connectivity index (χ4v) is 4.00. The van der Waals surface area contributed by atoms with Crippen molar-refractivity contribution in [2.75, 3.05) is 19.0 Å². The van der Waals surface area contributed by atoms with Crippen molar-refractivity contribution >= 4 is 17.5 Å². The molecule has 0 bridgehead atoms. The van der Waals surface area contributed by atoms with Crippen LogP contribution in [0.4, 0.5) is 0 Å². The molecule has 1 atom stereocenters. The van der Waals surface area contributed by atoms with Crippen molar-refractivity contribution in [1.29, 1.82) is 0 Å². The van der Waals surface area contributed by atoms with Gasteiger partial charge in [-0.05, 0) is 31.1 Å². The number of hydrogen-bond donors (Lipinski definition) is 0. The second kappa shape index (κ2) is 10.5. The van der Waals surface area contributed by atoms with E-state index in [0.717, 1.165) is 36.7 Å². The van der Waals surface area contributed by atoms with Gasteiger partial charge in [0, 0.05) is 24.5 Å². The Balaban J connectivity index is 1.60. The fourth-order valence-electron chi connectivity index (χ4n) is 2.94. The number of ether oxygens (including phenoxy) is 2. The molecular weight excluding hydrogens is 296 g/mol. The number of carbonyl (C=O) groups is 1. The summed E-state index contributed by atoms with van der Waals surface area (Å²) >= 11 is 1.73. The van der Waals surface area contributed by atoms with E-state index in [1.165, 1.54) is 38.5 Å². The van der Waals surface area contributed by atoms with Gasteiger partial charge in [-0.2, -0.15) is 0 Å². The third kappa shape index (κ3) is 6.43. The van der Waals surface area contributed by atoms with Gasteiger partial charge in [-0.1, -0.05) is 39.0 Å². The van der Waals surface area contributed by atoms with E-state index in [1.807, 2.05) is 0 Å². The number of unbranched alkanes of at least 4 members (excludes halogenated alkanes) is 5. The monoisotopic (exact) mass is 326 g/mol. The highest BCUT2D eigenvalue weighted by Crippen LogP contribution is 2.29. The Labute approximate surface area is 139 Å². The largest absolute Gasteiger partial charge is 0.381 e. The number of ketones is 1. The van der Waals surface area contributed by atoms with E-state index in [4.69, 9.17) is 9.47 Å². The maximum Gasteiger partial charge on any atom is 0.171 e. The molecule has 4 heteroatoms. The first-order valence-electron chi connectivity index (χ1n) is 8.90. The minimum Gasteiger partial charge on any atom is -0.381 e. The summed E-state index contributed by atoms with van der Waals surface area (Å²) in [5.41, 5.74) is 0. The summed E-state index contributed by atoms with van der Waals surface area (Å²) in [6.07, 6.45) is 12.6. The van der Waals surface area contributed by atoms with Gasteiger partial charge >= 0.3 is 0 Å². The molecule has 0 spiro atoms. The van der Waals surface area contributed by atoms with Crippen LogP contribution in [0.15, 0.2) is 11.0 Å². The summed E-state index contributed by atoms with van der Waals surface area (Å²) in [5.74, 6) is 1.33. The van der Waals surface area contributed by atoms with Crippen LogP contribution in [0.2, 0.25) is 0 Å². The van der Waals surface area contributed by atoms with E-state index < -0.39 is 0 Å². The van der Waals surface area contributed by atoms with Crippen molar-refractivity contribution in [3.8, 4) is 0 Å². The van der Waals surface area contributed by atoms with E-state index in [1.54, 1.807) is 11.8 Å². The van der Waals surface area contributed by atoms with Crippen LogP contribution >= 0.6 is 11.8 Å². The second-order valence-corrected chi connectivity index (χ2v) is 7.40. The van der Waals surface area contributed by atoms with Crippen LogP contribution in [0.25, 0.3) is 0 Å². The molecule has 0 aromatic heterocycles. The standard InChI is InChI=1S/C18H30O3S/c1-2-3-4-5-6-7-12-22-18-14-16(13-17(18)19)21-15-8-10-20-11-9-15/h14-16H,2-13H2,1H3. The lowest BCUT2D eigenvalue weighted by molar-refractivity contribution is -0.117. The molecular formula is C18H30O3S. The molecule has 0 radical (unpaired) electrons. The van der Waals surface area contributed by atoms with E-state index in [0.29, 0.717) is 6.42 Å². The van der Waals surface area contributed by atoms with Crippen LogP contribution in [0.1, 0.15) is 64.7 Å². The number of rotatable bonds is 10. The molecule has 1 saturated heterocycles. The molecule has 126 valence electrons. The predicted octanol–water partition coefficient (Wildman–Crippen LogP) is 4.50. The van der Waals surface area contributed by atoms with Crippen LogP contribution in [0.3, 0.4) is 0 Å². The number of hydrogen-bond acceptors (Lipinski definition) is 4. The number of allylic oxidation sites excluding steroid dienone is 1. The quantitative estimate of drug-likeness (QED) is 0.554. The number of thioether (sulfide) groups is 1. The van der Waals surface area contributed by atoms with Crippen molar-refractivity contribution in [3.63, 3.8) is 0 Å². The van der Waals surface area contributed by atoms with Gasteiger partial charge in [-0.3, -0.25) is 4.79 Å². The maximum atomic E-state index is 12.0. The fraction of sp³-hybridized carbons (Fsp3) is 0.833. The van der Waals surface area contributed by atoms with Crippen molar-refractivity contribution in [2.24, 2.45) is 0 Å². The smallest absolute Gasteiger partial charge is 0.171 e. The molecule has 2 rings (SSSR count). The van der Waals surface area contributed by atoms with Crippen LogP contribution in [0, 0.1) is 0 Å². The zero-order valence-corrected chi connectivity index (χ0v) is 14.7. The average molecular weight is 327 g/mol. The number of Topliss-reactive ketones (excluding diaryl/α,β-unsaturated/α-hetero) is 1. The third-order valence-corrected chi connectivity index (χ3v) is 5.46. The van der Waals surface area contributed by atoms with Gasteiger partial charge in [0.15, 0.2) is 5.78 Å². The summed E-state index contributed by atoms with van der Waals surface area (Å²) in [5, 5.41) is 0. The molecule has 2 aliphatic rings. The summed E-state index contributed by atoms with van der Waals surface area (Å²) in [6.45, 7) is 3.82. The molecule has 22 heavy (non-hydrogen) atoms. The van der Waals surface area contributed by atoms with Gasteiger partial charge in [0.25, 0.3) is 0 Å². The maximum absolute atomic E-state index is 12.0. The molecule has 3 nitrogen and oxygen atoms in total. The highest BCUT2D eigenvalue weighted by Gasteiger charge is 2.27. The van der Waals surface area contributed by atoms with E-state index in [2.05, 4.69) is 13.0 Å². The van der Waals surface area contributed by atoms with Crippen LogP contribution < -0.4 is 0 Å². The minimum absolute atomic E-state index is 0.00246. The third-order valence-electron chi connectivity index (χ3n) is 4.29. The topological polar surface area (TPSA) is 35.5 Å². The van der Waals surface area contributed by atoms with E-state index in [9.17, 15) is 4.79 Å². The SMILES string of the molecule is CCCCCCCCSC1=CC(OC2CCOCC2)CC1=O. The Morgan fingerprint density at radius 1 is 1.18 bits per heavy atom. The molecule has 0 saturated carbocycles. The van der Waals surface area contributed by atoms with E-state index >= 15 is 0 Å². The normalized spacial score (nSPS) is 23.0. The highest BCUT2D eigenvalue weighted by molar-refractivity contribution is 8.04. The molecule has 0 N–H and O–H groups in total. The summed E-state index contributed by atoms with van der Waals surface area (Å²) in [7, 11) is 0. The van der Waals surface area contributed by atoms with Gasteiger partial charge in [0.2, 0.25) is 0 Å². The predicted molar refractivity (Wildman–Crippen MR) is 92.3 cm³/mol. The first-order chi connectivity index (χ1) is 10.8. The molecule has 1 fully saturated rings. The lowest BCUT2D eigenvalue weighted by Crippen LogP contribution is -2.27. The zero-order valence-electron chi connectivity index (χ0n) is 13.9. The molecule has 0 aromatic carbocycles. The van der Waals surface area contributed by atoms with Gasteiger partial charge in [-0.25, -0.2) is 0 Å². The highest BCUT2D eigenvalue weighted by atomic mass is 32.2. The lowest BCUT2D eigenvalue weighted by Gasteiger charge is -2.24. The summed E-state index contributed by atoms with van der Waals surface area (Å²) in [6, 6.07) is 0. The molecule has 0 aromatic rings. The van der Waals surface area contributed by atoms with Crippen LogP contribution in [-0.4, -0.2) is 37.0 Å². The average Bonchev–Trinajstić information content (AvgIpc) is 2.87. The Bertz CT molecular complexity index is 361.